The van der Waals surface area contributed by atoms with E-state index in [0.717, 1.165) is 0 Å². The molecule has 8 aromatic rings. The fraction of sp³-hybridized carbons (Fsp3) is 0.0370. The van der Waals surface area contributed by atoms with Crippen molar-refractivity contribution in [3.05, 3.63) is 239 Å². The molecule has 8 aromatic carbocycles. The zero-order valence-corrected chi connectivity index (χ0v) is 33.1. The maximum atomic E-state index is 12.8. The molecule has 0 spiro atoms. The Bertz CT molecular complexity index is 2560. The second-order valence-corrected chi connectivity index (χ2v) is 14.9. The third kappa shape index (κ3) is 8.13. The van der Waals surface area contributed by atoms with Crippen LogP contribution in [0.25, 0.3) is 44.5 Å². The summed E-state index contributed by atoms with van der Waals surface area (Å²) in [5.41, 5.74) is 7.53. The van der Waals surface area contributed by atoms with Gasteiger partial charge in [0.05, 0.1) is 22.3 Å². The van der Waals surface area contributed by atoms with Crippen molar-refractivity contribution in [3.8, 4) is 44.5 Å². The van der Waals surface area contributed by atoms with Crippen LogP contribution < -0.4 is 0 Å². The molecule has 4 N–H and O–H groups in total. The smallest absolute Gasteiger partial charge is 0.336 e. The minimum absolute atomic E-state index is 0.0794. The lowest BCUT2D eigenvalue weighted by atomic mass is 9.71. The van der Waals surface area contributed by atoms with Crippen LogP contribution in [0.1, 0.15) is 75.5 Å². The van der Waals surface area contributed by atoms with Crippen molar-refractivity contribution in [1.29, 1.82) is 0 Å². The van der Waals surface area contributed by atoms with Crippen LogP contribution in [-0.4, -0.2) is 44.3 Å². The first-order chi connectivity index (χ1) is 30.1. The summed E-state index contributed by atoms with van der Waals surface area (Å²) in [6, 6.07) is 57.4. The molecule has 0 aliphatic rings. The van der Waals surface area contributed by atoms with Crippen LogP contribution in [0.3, 0.4) is 0 Å². The van der Waals surface area contributed by atoms with Gasteiger partial charge in [-0.1, -0.05) is 146 Å². The number of carboxylic acid groups (broad SMARTS) is 4. The molecular formula is C54H38O8. The number of carboxylic acids is 4. The van der Waals surface area contributed by atoms with Crippen LogP contribution in [0, 0.1) is 0 Å². The van der Waals surface area contributed by atoms with E-state index in [1.807, 2.05) is 146 Å². The van der Waals surface area contributed by atoms with E-state index < -0.39 is 35.7 Å². The Balaban J connectivity index is 1.50. The second-order valence-electron chi connectivity index (χ2n) is 14.9. The Kier molecular flexibility index (Phi) is 11.4. The standard InChI is InChI=1S/C54H38O8/c55-51(56)41-25-21-37(29-45(41)33-13-5-1-6-14-33)49(38-22-26-42(52(57)58)46(30-38)34-15-7-2-8-16-34)50(39-23-27-43(53(59)60)47(31-39)35-17-9-3-10-18-35)40-24-28-44(54(61)62)48(32-40)36-19-11-4-12-20-36/h1-32,49-50H,(H,55,56)(H,57,58)(H,59,60)(H,61,62). The highest BCUT2D eigenvalue weighted by atomic mass is 16.4. The van der Waals surface area contributed by atoms with E-state index in [9.17, 15) is 39.6 Å². The Morgan fingerprint density at radius 3 is 0.645 bits per heavy atom. The Morgan fingerprint density at radius 1 is 0.274 bits per heavy atom. The molecule has 0 bridgehead atoms. The van der Waals surface area contributed by atoms with Gasteiger partial charge in [-0.15, -0.1) is 0 Å². The minimum Gasteiger partial charge on any atom is -0.478 e. The molecule has 8 nitrogen and oxygen atoms in total. The van der Waals surface area contributed by atoms with Gasteiger partial charge in [0.2, 0.25) is 0 Å². The Labute approximate surface area is 357 Å². The SMILES string of the molecule is O=C(O)c1ccc(C(c2ccc(C(=O)O)c(-c3ccccc3)c2)C(c2ccc(C(=O)O)c(-c3ccccc3)c2)c2ccc(C(=O)O)c(-c3ccccc3)c2)cc1-c1ccccc1. The van der Waals surface area contributed by atoms with Gasteiger partial charge >= 0.3 is 23.9 Å². The summed E-state index contributed by atoms with van der Waals surface area (Å²) in [5.74, 6) is -5.87. The summed E-state index contributed by atoms with van der Waals surface area (Å²) in [6.45, 7) is 0. The molecule has 62 heavy (non-hydrogen) atoms. The number of hydrogen-bond donors (Lipinski definition) is 4. The van der Waals surface area contributed by atoms with Crippen LogP contribution in [0.5, 0.6) is 0 Å². The lowest BCUT2D eigenvalue weighted by Gasteiger charge is -2.31. The van der Waals surface area contributed by atoms with E-state index in [4.69, 9.17) is 0 Å². The molecule has 0 heterocycles. The molecule has 0 aromatic heterocycles. The van der Waals surface area contributed by atoms with Gasteiger partial charge in [-0.3, -0.25) is 0 Å². The lowest BCUT2D eigenvalue weighted by Crippen LogP contribution is -2.17. The van der Waals surface area contributed by atoms with E-state index in [1.165, 1.54) is 0 Å². The Morgan fingerprint density at radius 2 is 0.468 bits per heavy atom. The number of benzene rings is 8. The summed E-state index contributed by atoms with van der Waals surface area (Å²) in [7, 11) is 0. The minimum atomic E-state index is -1.12. The zero-order valence-electron chi connectivity index (χ0n) is 33.1. The molecule has 0 amide bonds. The first-order valence-electron chi connectivity index (χ1n) is 19.8. The number of carbonyl (C=O) groups is 4. The molecular weight excluding hydrogens is 777 g/mol. The maximum absolute atomic E-state index is 12.8. The van der Waals surface area contributed by atoms with E-state index >= 15 is 0 Å². The van der Waals surface area contributed by atoms with E-state index in [2.05, 4.69) is 0 Å². The van der Waals surface area contributed by atoms with E-state index in [-0.39, 0.29) is 22.3 Å². The molecule has 8 rings (SSSR count). The van der Waals surface area contributed by atoms with Gasteiger partial charge in [0.1, 0.15) is 0 Å². The summed E-state index contributed by atoms with van der Waals surface area (Å²) in [5, 5.41) is 41.8. The average molecular weight is 815 g/mol. The highest BCUT2D eigenvalue weighted by Crippen LogP contribution is 2.47. The third-order valence-corrected chi connectivity index (χ3v) is 11.2. The van der Waals surface area contributed by atoms with Gasteiger partial charge in [-0.05, 0) is 115 Å². The second kappa shape index (κ2) is 17.5. The molecule has 8 heteroatoms. The van der Waals surface area contributed by atoms with Gasteiger partial charge < -0.3 is 20.4 Å². The molecule has 0 fully saturated rings. The predicted octanol–water partition coefficient (Wildman–Crippen LogP) is 12.1. The van der Waals surface area contributed by atoms with Gasteiger partial charge in [0.25, 0.3) is 0 Å². The van der Waals surface area contributed by atoms with Gasteiger partial charge in [-0.2, -0.15) is 0 Å². The number of rotatable bonds is 13. The average Bonchev–Trinajstić information content (AvgIpc) is 3.31. The van der Waals surface area contributed by atoms with Crippen molar-refractivity contribution in [2.24, 2.45) is 0 Å². The van der Waals surface area contributed by atoms with Gasteiger partial charge in [0, 0.05) is 11.8 Å². The van der Waals surface area contributed by atoms with Crippen molar-refractivity contribution < 1.29 is 39.6 Å². The Hall–Kier alpha value is -8.36. The van der Waals surface area contributed by atoms with Crippen LogP contribution in [0.2, 0.25) is 0 Å². The third-order valence-electron chi connectivity index (χ3n) is 11.2. The fourth-order valence-electron chi connectivity index (χ4n) is 8.35. The zero-order chi connectivity index (χ0) is 43.3. The molecule has 0 atom stereocenters. The normalized spacial score (nSPS) is 11.1. The van der Waals surface area contributed by atoms with E-state index in [0.29, 0.717) is 66.8 Å². The first-order valence-corrected chi connectivity index (χ1v) is 19.8. The van der Waals surface area contributed by atoms with E-state index in [1.54, 1.807) is 48.5 Å². The first kappa shape index (κ1) is 40.4. The van der Waals surface area contributed by atoms with Crippen molar-refractivity contribution >= 4 is 23.9 Å². The van der Waals surface area contributed by atoms with Crippen molar-refractivity contribution in [1.82, 2.24) is 0 Å². The molecule has 0 aliphatic carbocycles. The molecule has 0 saturated heterocycles. The molecule has 0 radical (unpaired) electrons. The summed E-state index contributed by atoms with van der Waals surface area (Å²) >= 11 is 0. The quantitative estimate of drug-likeness (QED) is 0.0899. The van der Waals surface area contributed by atoms with Gasteiger partial charge in [-0.25, -0.2) is 19.2 Å². The fourth-order valence-corrected chi connectivity index (χ4v) is 8.35. The van der Waals surface area contributed by atoms with Crippen LogP contribution >= 0.6 is 0 Å². The van der Waals surface area contributed by atoms with Crippen molar-refractivity contribution in [2.75, 3.05) is 0 Å². The number of aromatic carboxylic acids is 4. The van der Waals surface area contributed by atoms with Crippen LogP contribution in [0.4, 0.5) is 0 Å². The summed E-state index contributed by atoms with van der Waals surface area (Å²) in [4.78, 5) is 51.2. The van der Waals surface area contributed by atoms with Gasteiger partial charge in [0.15, 0.2) is 0 Å². The molecule has 0 saturated carbocycles. The summed E-state index contributed by atoms with van der Waals surface area (Å²) < 4.78 is 0. The predicted molar refractivity (Wildman–Crippen MR) is 239 cm³/mol. The van der Waals surface area contributed by atoms with Crippen molar-refractivity contribution in [2.45, 2.75) is 11.8 Å². The molecule has 302 valence electrons. The van der Waals surface area contributed by atoms with Crippen molar-refractivity contribution in [3.63, 3.8) is 0 Å². The maximum Gasteiger partial charge on any atom is 0.336 e. The van der Waals surface area contributed by atoms with Crippen LogP contribution in [-0.2, 0) is 0 Å². The monoisotopic (exact) mass is 814 g/mol. The topological polar surface area (TPSA) is 149 Å². The highest BCUT2D eigenvalue weighted by molar-refractivity contribution is 5.99. The molecule has 0 aliphatic heterocycles. The number of hydrogen-bond acceptors (Lipinski definition) is 4. The summed E-state index contributed by atoms with van der Waals surface area (Å²) in [6.07, 6.45) is 0. The highest BCUT2D eigenvalue weighted by Gasteiger charge is 2.32. The lowest BCUT2D eigenvalue weighted by molar-refractivity contribution is 0.0686. The molecule has 0 unspecified atom stereocenters. The van der Waals surface area contributed by atoms with Crippen LogP contribution in [0.15, 0.2) is 194 Å². The largest absolute Gasteiger partial charge is 0.478 e.